The van der Waals surface area contributed by atoms with Gasteiger partial charge in [0.15, 0.2) is 0 Å². The van der Waals surface area contributed by atoms with Gasteiger partial charge in [-0.2, -0.15) is 0 Å². The van der Waals surface area contributed by atoms with E-state index in [1.807, 2.05) is 19.4 Å². The summed E-state index contributed by atoms with van der Waals surface area (Å²) in [5.74, 6) is 1.87. The quantitative estimate of drug-likeness (QED) is 0.792. The third kappa shape index (κ3) is 2.15. The summed E-state index contributed by atoms with van der Waals surface area (Å²) in [7, 11) is 2.03. The number of hydrogen-bond acceptors (Lipinski definition) is 2. The van der Waals surface area contributed by atoms with E-state index in [4.69, 9.17) is 0 Å². The van der Waals surface area contributed by atoms with Crippen molar-refractivity contribution in [3.8, 4) is 0 Å². The van der Waals surface area contributed by atoms with Gasteiger partial charge in [0.2, 0.25) is 0 Å². The predicted octanol–water partition coefficient (Wildman–Crippen LogP) is 1.51. The van der Waals surface area contributed by atoms with E-state index in [2.05, 4.69) is 9.55 Å². The number of aromatic nitrogens is 2. The molecule has 1 fully saturated rings. The molecule has 1 aliphatic rings. The van der Waals surface area contributed by atoms with Gasteiger partial charge in [-0.05, 0) is 31.6 Å². The molecule has 1 aromatic heterocycles. The monoisotopic (exact) mass is 194 g/mol. The SMILES string of the molecule is Cn1ccnc1CCC1CCC(O)C1. The van der Waals surface area contributed by atoms with Crippen molar-refractivity contribution in [2.75, 3.05) is 0 Å². The minimum Gasteiger partial charge on any atom is -0.393 e. The Balaban J connectivity index is 1.80. The molecule has 0 aliphatic heterocycles. The van der Waals surface area contributed by atoms with Gasteiger partial charge in [-0.1, -0.05) is 0 Å². The third-order valence-electron chi connectivity index (χ3n) is 3.21. The topological polar surface area (TPSA) is 38.0 Å². The standard InChI is InChI=1S/C11H18N2O/c1-13-7-6-12-11(13)5-3-9-2-4-10(14)8-9/h6-7,9-10,14H,2-5,8H2,1H3. The lowest BCUT2D eigenvalue weighted by Gasteiger charge is -2.08. The third-order valence-corrected chi connectivity index (χ3v) is 3.21. The summed E-state index contributed by atoms with van der Waals surface area (Å²) in [5.41, 5.74) is 0. The van der Waals surface area contributed by atoms with Crippen molar-refractivity contribution in [3.05, 3.63) is 18.2 Å². The minimum absolute atomic E-state index is 0.0404. The lowest BCUT2D eigenvalue weighted by Crippen LogP contribution is -2.04. The van der Waals surface area contributed by atoms with Crippen molar-refractivity contribution >= 4 is 0 Å². The van der Waals surface area contributed by atoms with Crippen molar-refractivity contribution in [2.45, 2.75) is 38.2 Å². The molecule has 0 radical (unpaired) electrons. The summed E-state index contributed by atoms with van der Waals surface area (Å²) in [6.45, 7) is 0. The number of nitrogens with zero attached hydrogens (tertiary/aromatic N) is 2. The second kappa shape index (κ2) is 4.13. The zero-order valence-electron chi connectivity index (χ0n) is 8.69. The van der Waals surface area contributed by atoms with Crippen LogP contribution in [0.3, 0.4) is 0 Å². The number of aliphatic hydroxyl groups excluding tert-OH is 1. The zero-order chi connectivity index (χ0) is 9.97. The van der Waals surface area contributed by atoms with Crippen molar-refractivity contribution in [1.82, 2.24) is 9.55 Å². The Labute approximate surface area is 84.8 Å². The van der Waals surface area contributed by atoms with Crippen molar-refractivity contribution in [1.29, 1.82) is 0 Å². The fourth-order valence-corrected chi connectivity index (χ4v) is 2.28. The van der Waals surface area contributed by atoms with E-state index in [0.29, 0.717) is 5.92 Å². The highest BCUT2D eigenvalue weighted by Crippen LogP contribution is 2.28. The second-order valence-corrected chi connectivity index (χ2v) is 4.33. The van der Waals surface area contributed by atoms with Crippen LogP contribution in [-0.2, 0) is 13.5 Å². The highest BCUT2D eigenvalue weighted by molar-refractivity contribution is 4.92. The summed E-state index contributed by atoms with van der Waals surface area (Å²) >= 11 is 0. The Hall–Kier alpha value is -0.830. The Bertz CT molecular complexity index is 295. The van der Waals surface area contributed by atoms with Crippen LogP contribution < -0.4 is 0 Å². The molecule has 2 unspecified atom stereocenters. The molecule has 2 rings (SSSR count). The fraction of sp³-hybridized carbons (Fsp3) is 0.727. The maximum atomic E-state index is 9.39. The normalized spacial score (nSPS) is 27.0. The molecule has 78 valence electrons. The van der Waals surface area contributed by atoms with Crippen LogP contribution in [-0.4, -0.2) is 20.8 Å². The molecule has 14 heavy (non-hydrogen) atoms. The molecule has 0 amide bonds. The van der Waals surface area contributed by atoms with E-state index in [0.717, 1.165) is 25.1 Å². The number of aliphatic hydroxyl groups is 1. The molecule has 1 aliphatic carbocycles. The van der Waals surface area contributed by atoms with Gasteiger partial charge in [-0.25, -0.2) is 4.98 Å². The zero-order valence-corrected chi connectivity index (χ0v) is 8.69. The molecule has 3 heteroatoms. The van der Waals surface area contributed by atoms with E-state index in [1.54, 1.807) is 0 Å². The maximum absolute atomic E-state index is 9.39. The first-order valence-electron chi connectivity index (χ1n) is 5.40. The first-order chi connectivity index (χ1) is 6.75. The van der Waals surface area contributed by atoms with Crippen molar-refractivity contribution in [3.63, 3.8) is 0 Å². The first kappa shape index (κ1) is 9.71. The summed E-state index contributed by atoms with van der Waals surface area (Å²) in [5, 5.41) is 9.39. The lowest BCUT2D eigenvalue weighted by molar-refractivity contribution is 0.177. The van der Waals surface area contributed by atoms with Gasteiger partial charge in [-0.3, -0.25) is 0 Å². The van der Waals surface area contributed by atoms with E-state index in [9.17, 15) is 5.11 Å². The fourth-order valence-electron chi connectivity index (χ4n) is 2.28. The van der Waals surface area contributed by atoms with Gasteiger partial charge >= 0.3 is 0 Å². The van der Waals surface area contributed by atoms with Crippen LogP contribution in [0.25, 0.3) is 0 Å². The number of aryl methyl sites for hydroxylation is 2. The molecule has 2 atom stereocenters. The van der Waals surface area contributed by atoms with Crippen LogP contribution in [0.5, 0.6) is 0 Å². The van der Waals surface area contributed by atoms with E-state index >= 15 is 0 Å². The van der Waals surface area contributed by atoms with Crippen molar-refractivity contribution in [2.24, 2.45) is 13.0 Å². The first-order valence-corrected chi connectivity index (χ1v) is 5.40. The molecule has 1 aromatic rings. The van der Waals surface area contributed by atoms with Crippen LogP contribution in [0.15, 0.2) is 12.4 Å². The van der Waals surface area contributed by atoms with Gasteiger partial charge in [-0.15, -0.1) is 0 Å². The molecule has 1 saturated carbocycles. The number of hydrogen-bond donors (Lipinski definition) is 1. The Morgan fingerprint density at radius 1 is 1.57 bits per heavy atom. The van der Waals surface area contributed by atoms with Gasteiger partial charge in [0.05, 0.1) is 6.10 Å². The summed E-state index contributed by atoms with van der Waals surface area (Å²) in [4.78, 5) is 4.30. The Kier molecular flexibility index (Phi) is 2.87. The van der Waals surface area contributed by atoms with E-state index in [-0.39, 0.29) is 6.10 Å². The number of rotatable bonds is 3. The smallest absolute Gasteiger partial charge is 0.108 e. The highest BCUT2D eigenvalue weighted by atomic mass is 16.3. The largest absolute Gasteiger partial charge is 0.393 e. The van der Waals surface area contributed by atoms with Crippen LogP contribution in [0.2, 0.25) is 0 Å². The maximum Gasteiger partial charge on any atom is 0.108 e. The molecule has 1 heterocycles. The summed E-state index contributed by atoms with van der Waals surface area (Å²) in [6.07, 6.45) is 9.17. The van der Waals surface area contributed by atoms with Crippen LogP contribution >= 0.6 is 0 Å². The van der Waals surface area contributed by atoms with Crippen LogP contribution in [0.1, 0.15) is 31.5 Å². The molecule has 0 aromatic carbocycles. The van der Waals surface area contributed by atoms with Crippen LogP contribution in [0.4, 0.5) is 0 Å². The Morgan fingerprint density at radius 2 is 2.43 bits per heavy atom. The second-order valence-electron chi connectivity index (χ2n) is 4.33. The molecule has 3 nitrogen and oxygen atoms in total. The lowest BCUT2D eigenvalue weighted by atomic mass is 10.0. The van der Waals surface area contributed by atoms with Crippen molar-refractivity contribution < 1.29 is 5.11 Å². The Morgan fingerprint density at radius 3 is 3.00 bits per heavy atom. The van der Waals surface area contributed by atoms with E-state index < -0.39 is 0 Å². The molecule has 0 spiro atoms. The average Bonchev–Trinajstić information content (AvgIpc) is 2.72. The van der Waals surface area contributed by atoms with Gasteiger partial charge < -0.3 is 9.67 Å². The molecular formula is C11H18N2O. The average molecular weight is 194 g/mol. The van der Waals surface area contributed by atoms with Gasteiger partial charge in [0, 0.05) is 25.9 Å². The molecule has 0 saturated heterocycles. The highest BCUT2D eigenvalue weighted by Gasteiger charge is 2.22. The molecule has 1 N–H and O–H groups in total. The predicted molar refractivity (Wildman–Crippen MR) is 54.9 cm³/mol. The summed E-state index contributed by atoms with van der Waals surface area (Å²) in [6, 6.07) is 0. The van der Waals surface area contributed by atoms with Gasteiger partial charge in [0.1, 0.15) is 5.82 Å². The van der Waals surface area contributed by atoms with E-state index in [1.165, 1.54) is 12.8 Å². The molecule has 0 bridgehead atoms. The van der Waals surface area contributed by atoms with Gasteiger partial charge in [0.25, 0.3) is 0 Å². The summed E-state index contributed by atoms with van der Waals surface area (Å²) < 4.78 is 2.07. The minimum atomic E-state index is -0.0404. The number of imidazole rings is 1. The molecular weight excluding hydrogens is 176 g/mol. The van der Waals surface area contributed by atoms with Crippen LogP contribution in [0, 0.1) is 5.92 Å².